The summed E-state index contributed by atoms with van der Waals surface area (Å²) in [6.45, 7) is 2.57. The first-order chi connectivity index (χ1) is 8.00. The average molecular weight is 273 g/mol. The summed E-state index contributed by atoms with van der Waals surface area (Å²) in [5, 5.41) is 0. The van der Waals surface area contributed by atoms with Crippen LogP contribution in [0, 0.1) is 6.92 Å². The van der Waals surface area contributed by atoms with E-state index in [0.717, 1.165) is 5.56 Å². The Kier molecular flexibility index (Phi) is 3.65. The second kappa shape index (κ2) is 4.88. The molecule has 0 atom stereocenters. The van der Waals surface area contributed by atoms with E-state index in [1.54, 1.807) is 18.2 Å². The Morgan fingerprint density at radius 3 is 2.47 bits per heavy atom. The number of hydrogen-bond donors (Lipinski definition) is 0. The smallest absolute Gasteiger partial charge is 0.243 e. The molecule has 1 aromatic carbocycles. The topological polar surface area (TPSA) is 54.5 Å². The van der Waals surface area contributed by atoms with Crippen molar-refractivity contribution in [3.8, 4) is 0 Å². The maximum atomic E-state index is 12.3. The van der Waals surface area contributed by atoms with Gasteiger partial charge in [0.15, 0.2) is 0 Å². The van der Waals surface area contributed by atoms with E-state index in [4.69, 9.17) is 0 Å². The van der Waals surface area contributed by atoms with Gasteiger partial charge in [-0.05, 0) is 24.6 Å². The van der Waals surface area contributed by atoms with Crippen LogP contribution in [0.5, 0.6) is 0 Å². The minimum absolute atomic E-state index is 0.324. The second-order valence-electron chi connectivity index (χ2n) is 4.07. The number of sulfonamides is 1. The molecular weight excluding hydrogens is 258 g/mol. The van der Waals surface area contributed by atoms with Gasteiger partial charge in [-0.1, -0.05) is 12.1 Å². The van der Waals surface area contributed by atoms with Crippen LogP contribution in [0.15, 0.2) is 29.2 Å². The van der Waals surface area contributed by atoms with Crippen molar-refractivity contribution in [3.63, 3.8) is 0 Å². The van der Waals surface area contributed by atoms with Crippen LogP contribution in [-0.2, 0) is 20.8 Å². The Morgan fingerprint density at radius 1 is 1.24 bits per heavy atom. The van der Waals surface area contributed by atoms with Crippen molar-refractivity contribution >= 4 is 20.8 Å². The third-order valence-corrected chi connectivity index (χ3v) is 5.93. The molecule has 0 aromatic heterocycles. The van der Waals surface area contributed by atoms with Crippen molar-refractivity contribution in [3.05, 3.63) is 29.8 Å². The normalized spacial score (nSPS) is 19.4. The van der Waals surface area contributed by atoms with Crippen molar-refractivity contribution in [2.24, 2.45) is 0 Å². The summed E-state index contributed by atoms with van der Waals surface area (Å²) in [5.41, 5.74) is 0.923. The zero-order chi connectivity index (χ0) is 12.5. The highest BCUT2D eigenvalue weighted by Gasteiger charge is 2.27. The Bertz CT molecular complexity index is 529. The maximum absolute atomic E-state index is 12.3. The number of aryl methyl sites for hydroxylation is 1. The lowest BCUT2D eigenvalue weighted by molar-refractivity contribution is 0.438. The summed E-state index contributed by atoms with van der Waals surface area (Å²) in [7, 11) is -4.27. The molecule has 17 heavy (non-hydrogen) atoms. The molecule has 0 unspecified atom stereocenters. The lowest BCUT2D eigenvalue weighted by Crippen LogP contribution is -2.41. The van der Waals surface area contributed by atoms with Gasteiger partial charge in [0.1, 0.15) is 0 Å². The standard InChI is InChI=1S/C11H15NO3S2/c1-10-3-2-4-11(9-10)17(14,15)12-5-7-16(13)8-6-12/h2-4,9H,5-8H2,1H3. The van der Waals surface area contributed by atoms with Crippen LogP contribution in [0.4, 0.5) is 0 Å². The third-order valence-electron chi connectivity index (χ3n) is 2.76. The van der Waals surface area contributed by atoms with Gasteiger partial charge in [-0.2, -0.15) is 4.31 Å². The van der Waals surface area contributed by atoms with Crippen LogP contribution in [-0.4, -0.2) is 41.5 Å². The maximum Gasteiger partial charge on any atom is 0.243 e. The lowest BCUT2D eigenvalue weighted by Gasteiger charge is -2.25. The monoisotopic (exact) mass is 273 g/mol. The molecule has 2 rings (SSSR count). The third kappa shape index (κ3) is 2.75. The van der Waals surface area contributed by atoms with Crippen molar-refractivity contribution in [1.82, 2.24) is 4.31 Å². The number of hydrogen-bond acceptors (Lipinski definition) is 3. The molecule has 6 heteroatoms. The molecule has 4 nitrogen and oxygen atoms in total. The SMILES string of the molecule is Cc1cccc(S(=O)(=O)N2CCS(=O)CC2)c1. The first-order valence-electron chi connectivity index (χ1n) is 5.42. The highest BCUT2D eigenvalue weighted by molar-refractivity contribution is 7.89. The summed E-state index contributed by atoms with van der Waals surface area (Å²) >= 11 is 0. The average Bonchev–Trinajstić information content (AvgIpc) is 2.29. The Morgan fingerprint density at radius 2 is 1.88 bits per heavy atom. The quantitative estimate of drug-likeness (QED) is 0.799. The fraction of sp³-hybridized carbons (Fsp3) is 0.455. The summed E-state index contributed by atoms with van der Waals surface area (Å²) in [4.78, 5) is 0.324. The van der Waals surface area contributed by atoms with E-state index >= 15 is 0 Å². The van der Waals surface area contributed by atoms with Crippen LogP contribution in [0.1, 0.15) is 5.56 Å². The molecule has 1 saturated heterocycles. The van der Waals surface area contributed by atoms with Crippen LogP contribution in [0.25, 0.3) is 0 Å². The van der Waals surface area contributed by atoms with Gasteiger partial charge in [0.2, 0.25) is 10.0 Å². The van der Waals surface area contributed by atoms with Crippen molar-refractivity contribution in [2.75, 3.05) is 24.6 Å². The molecule has 1 fully saturated rings. The van der Waals surface area contributed by atoms with Gasteiger partial charge in [-0.25, -0.2) is 8.42 Å². The van der Waals surface area contributed by atoms with Gasteiger partial charge < -0.3 is 0 Å². The van der Waals surface area contributed by atoms with Crippen molar-refractivity contribution in [2.45, 2.75) is 11.8 Å². The summed E-state index contributed by atoms with van der Waals surface area (Å²) in [6, 6.07) is 6.88. The fourth-order valence-electron chi connectivity index (χ4n) is 1.79. The summed E-state index contributed by atoms with van der Waals surface area (Å²) in [5.74, 6) is 0.871. The fourth-order valence-corrected chi connectivity index (χ4v) is 4.62. The van der Waals surface area contributed by atoms with E-state index < -0.39 is 20.8 Å². The van der Waals surface area contributed by atoms with E-state index in [0.29, 0.717) is 29.5 Å². The predicted octanol–water partition coefficient (Wildman–Crippen LogP) is 0.748. The van der Waals surface area contributed by atoms with Crippen LogP contribution in [0.2, 0.25) is 0 Å². The highest BCUT2D eigenvalue weighted by atomic mass is 32.2. The molecule has 1 aliphatic rings. The summed E-state index contributed by atoms with van der Waals surface area (Å²) in [6.07, 6.45) is 0. The molecule has 1 aromatic rings. The molecule has 0 spiro atoms. The Hall–Kier alpha value is -0.720. The Labute approximate surface area is 104 Å². The van der Waals surface area contributed by atoms with Crippen molar-refractivity contribution < 1.29 is 12.6 Å². The zero-order valence-corrected chi connectivity index (χ0v) is 11.3. The van der Waals surface area contributed by atoms with Gasteiger partial charge >= 0.3 is 0 Å². The zero-order valence-electron chi connectivity index (χ0n) is 9.63. The van der Waals surface area contributed by atoms with Gasteiger partial charge in [0.05, 0.1) is 4.90 Å². The minimum Gasteiger partial charge on any atom is -0.259 e. The Balaban J connectivity index is 2.27. The molecular formula is C11H15NO3S2. The lowest BCUT2D eigenvalue weighted by atomic mass is 10.2. The van der Waals surface area contributed by atoms with E-state index in [1.165, 1.54) is 4.31 Å². The van der Waals surface area contributed by atoms with Crippen LogP contribution >= 0.6 is 0 Å². The van der Waals surface area contributed by atoms with Gasteiger partial charge in [0.25, 0.3) is 0 Å². The highest BCUT2D eigenvalue weighted by Crippen LogP contribution is 2.18. The van der Waals surface area contributed by atoms with E-state index in [1.807, 2.05) is 13.0 Å². The number of benzene rings is 1. The predicted molar refractivity (Wildman–Crippen MR) is 67.8 cm³/mol. The largest absolute Gasteiger partial charge is 0.259 e. The van der Waals surface area contributed by atoms with Gasteiger partial charge in [0, 0.05) is 35.4 Å². The van der Waals surface area contributed by atoms with Crippen LogP contribution < -0.4 is 0 Å². The van der Waals surface area contributed by atoms with Crippen molar-refractivity contribution in [1.29, 1.82) is 0 Å². The second-order valence-corrected chi connectivity index (χ2v) is 7.70. The molecule has 0 aliphatic carbocycles. The van der Waals surface area contributed by atoms with Crippen LogP contribution in [0.3, 0.4) is 0 Å². The first-order valence-corrected chi connectivity index (χ1v) is 8.35. The van der Waals surface area contributed by atoms with E-state index in [2.05, 4.69) is 0 Å². The van der Waals surface area contributed by atoms with E-state index in [9.17, 15) is 12.6 Å². The number of nitrogens with zero attached hydrogens (tertiary/aromatic N) is 1. The van der Waals surface area contributed by atoms with Gasteiger partial charge in [-0.3, -0.25) is 4.21 Å². The molecule has 0 N–H and O–H groups in total. The minimum atomic E-state index is -3.41. The first kappa shape index (κ1) is 12.7. The summed E-state index contributed by atoms with van der Waals surface area (Å²) < 4.78 is 37.2. The van der Waals surface area contributed by atoms with Gasteiger partial charge in [-0.15, -0.1) is 0 Å². The molecule has 0 bridgehead atoms. The van der Waals surface area contributed by atoms with E-state index in [-0.39, 0.29) is 0 Å². The molecule has 0 radical (unpaired) electrons. The molecule has 1 aliphatic heterocycles. The molecule has 94 valence electrons. The molecule has 0 amide bonds. The molecule has 0 saturated carbocycles. The molecule has 1 heterocycles. The number of rotatable bonds is 2.